The molecule has 1 N–H and O–H groups in total. The first-order valence-corrected chi connectivity index (χ1v) is 14.3. The summed E-state index contributed by atoms with van der Waals surface area (Å²) < 4.78 is 18.9. The molecule has 0 fully saturated rings. The zero-order valence-corrected chi connectivity index (χ0v) is 24.3. The largest absolute Gasteiger partial charge is 0.496 e. The average molecular weight is 595 g/mol. The standard InChI is InChI=1S/C33H26N2O7S/c1-4-41-32(39)28-18(2)34-33-35(29(28)24-14-16-26(40-3)23-8-6-5-7-22(23)24)30(36)27(43-33)17-21-13-15-25(42-21)19-9-11-20(12-10-19)31(37)38/h5-17,29H,4H2,1-3H3,(H,37,38)/b27-17+/t29-/m0/s1. The molecule has 1 aliphatic rings. The molecule has 216 valence electrons. The van der Waals surface area contributed by atoms with Crippen LogP contribution in [0.5, 0.6) is 5.75 Å². The smallest absolute Gasteiger partial charge is 0.338 e. The Morgan fingerprint density at radius 3 is 2.49 bits per heavy atom. The van der Waals surface area contributed by atoms with Gasteiger partial charge in [0.2, 0.25) is 0 Å². The Morgan fingerprint density at radius 1 is 1.05 bits per heavy atom. The number of carboxylic acid groups (broad SMARTS) is 1. The molecule has 1 aliphatic heterocycles. The summed E-state index contributed by atoms with van der Waals surface area (Å²) in [6, 6.07) is 20.4. The molecule has 0 radical (unpaired) electrons. The average Bonchev–Trinajstić information content (AvgIpc) is 3.60. The lowest BCUT2D eigenvalue weighted by molar-refractivity contribution is -0.139. The van der Waals surface area contributed by atoms with Crippen LogP contribution in [0.4, 0.5) is 0 Å². The monoisotopic (exact) mass is 594 g/mol. The van der Waals surface area contributed by atoms with Gasteiger partial charge in [0.05, 0.1) is 41.1 Å². The molecule has 0 saturated carbocycles. The molecular weight excluding hydrogens is 568 g/mol. The summed E-state index contributed by atoms with van der Waals surface area (Å²) in [5.74, 6) is 0.0996. The number of carbonyl (C=O) groups excluding carboxylic acids is 1. The fourth-order valence-electron chi connectivity index (χ4n) is 5.29. The van der Waals surface area contributed by atoms with Crippen molar-refractivity contribution < 1.29 is 28.6 Å². The topological polar surface area (TPSA) is 120 Å². The number of furan rings is 1. The first kappa shape index (κ1) is 27.9. The Balaban J connectivity index is 1.50. The number of fused-ring (bicyclic) bond motifs is 2. The molecule has 3 aromatic carbocycles. The van der Waals surface area contributed by atoms with Gasteiger partial charge in [-0.3, -0.25) is 9.36 Å². The molecule has 2 aromatic heterocycles. The van der Waals surface area contributed by atoms with Gasteiger partial charge in [0.15, 0.2) is 4.80 Å². The molecule has 1 atom stereocenters. The lowest BCUT2D eigenvalue weighted by atomic mass is 9.91. The number of hydrogen-bond acceptors (Lipinski definition) is 8. The van der Waals surface area contributed by atoms with Crippen molar-refractivity contribution in [2.75, 3.05) is 13.7 Å². The number of esters is 1. The van der Waals surface area contributed by atoms with E-state index in [1.165, 1.54) is 23.5 Å². The van der Waals surface area contributed by atoms with Crippen molar-refractivity contribution >= 4 is 40.1 Å². The Hall–Kier alpha value is -5.22. The van der Waals surface area contributed by atoms with E-state index in [4.69, 9.17) is 19.0 Å². The molecule has 0 bridgehead atoms. The quantitative estimate of drug-likeness (QED) is 0.266. The highest BCUT2D eigenvalue weighted by atomic mass is 32.1. The molecule has 5 aromatic rings. The molecule has 0 aliphatic carbocycles. The number of thiazole rings is 1. The Morgan fingerprint density at radius 2 is 1.79 bits per heavy atom. The van der Waals surface area contributed by atoms with Gasteiger partial charge in [0.1, 0.15) is 17.3 Å². The van der Waals surface area contributed by atoms with Crippen LogP contribution in [-0.4, -0.2) is 35.3 Å². The molecule has 0 saturated heterocycles. The highest BCUT2D eigenvalue weighted by Gasteiger charge is 2.34. The zero-order chi connectivity index (χ0) is 30.2. The Bertz CT molecular complexity index is 2120. The van der Waals surface area contributed by atoms with Crippen LogP contribution in [0, 0.1) is 0 Å². The number of carbonyl (C=O) groups is 2. The van der Waals surface area contributed by atoms with Crippen molar-refractivity contribution in [2.45, 2.75) is 19.9 Å². The van der Waals surface area contributed by atoms with Gasteiger partial charge in [-0.2, -0.15) is 0 Å². The van der Waals surface area contributed by atoms with Gasteiger partial charge in [-0.25, -0.2) is 14.6 Å². The van der Waals surface area contributed by atoms with E-state index in [0.29, 0.717) is 43.4 Å². The molecule has 0 spiro atoms. The molecular formula is C33H26N2O7S. The first-order chi connectivity index (χ1) is 20.8. The van der Waals surface area contributed by atoms with E-state index in [1.54, 1.807) is 55.9 Å². The number of rotatable bonds is 7. The van der Waals surface area contributed by atoms with Crippen molar-refractivity contribution in [3.63, 3.8) is 0 Å². The maximum Gasteiger partial charge on any atom is 0.338 e. The van der Waals surface area contributed by atoms with Crippen molar-refractivity contribution in [3.8, 4) is 17.1 Å². The highest BCUT2D eigenvalue weighted by molar-refractivity contribution is 7.07. The van der Waals surface area contributed by atoms with E-state index < -0.39 is 18.0 Å². The van der Waals surface area contributed by atoms with Gasteiger partial charge in [0, 0.05) is 17.0 Å². The lowest BCUT2D eigenvalue weighted by Crippen LogP contribution is -2.40. The number of methoxy groups -OCH3 is 1. The van der Waals surface area contributed by atoms with E-state index in [0.717, 1.165) is 16.3 Å². The van der Waals surface area contributed by atoms with Crippen LogP contribution in [0.1, 0.15) is 41.6 Å². The van der Waals surface area contributed by atoms with Crippen molar-refractivity contribution in [2.24, 2.45) is 4.99 Å². The number of nitrogens with zero attached hydrogens (tertiary/aromatic N) is 2. The number of hydrogen-bond donors (Lipinski definition) is 1. The van der Waals surface area contributed by atoms with Crippen LogP contribution in [0.3, 0.4) is 0 Å². The number of ether oxygens (including phenoxy) is 2. The molecule has 9 nitrogen and oxygen atoms in total. The van der Waals surface area contributed by atoms with Gasteiger partial charge in [0.25, 0.3) is 5.56 Å². The minimum atomic E-state index is -1.01. The molecule has 43 heavy (non-hydrogen) atoms. The molecule has 3 heterocycles. The maximum atomic E-state index is 14.1. The number of aromatic nitrogens is 1. The number of carboxylic acids is 1. The van der Waals surface area contributed by atoms with Gasteiger partial charge in [-0.05, 0) is 55.1 Å². The maximum absolute atomic E-state index is 14.1. The Kier molecular flexibility index (Phi) is 7.29. The molecule has 0 amide bonds. The fourth-order valence-corrected chi connectivity index (χ4v) is 6.32. The lowest BCUT2D eigenvalue weighted by Gasteiger charge is -2.26. The summed E-state index contributed by atoms with van der Waals surface area (Å²) in [6.45, 7) is 3.66. The summed E-state index contributed by atoms with van der Waals surface area (Å²) in [5, 5.41) is 10.9. The van der Waals surface area contributed by atoms with Crippen LogP contribution in [0.2, 0.25) is 0 Å². The zero-order valence-electron chi connectivity index (χ0n) is 23.5. The van der Waals surface area contributed by atoms with E-state index in [2.05, 4.69) is 4.99 Å². The molecule has 10 heteroatoms. The third-order valence-electron chi connectivity index (χ3n) is 7.27. The van der Waals surface area contributed by atoms with Crippen LogP contribution < -0.4 is 19.6 Å². The third-order valence-corrected chi connectivity index (χ3v) is 8.25. The second-order valence-electron chi connectivity index (χ2n) is 9.79. The molecule has 6 rings (SSSR count). The number of allylic oxidation sites excluding steroid dienone is 1. The fraction of sp³-hybridized carbons (Fsp3) is 0.152. The minimum absolute atomic E-state index is 0.174. The van der Waals surface area contributed by atoms with E-state index in [1.807, 2.05) is 36.4 Å². The summed E-state index contributed by atoms with van der Waals surface area (Å²) >= 11 is 1.20. The first-order valence-electron chi connectivity index (χ1n) is 13.5. The van der Waals surface area contributed by atoms with Gasteiger partial charge in [-0.15, -0.1) is 0 Å². The summed E-state index contributed by atoms with van der Waals surface area (Å²) in [4.78, 5) is 43.7. The second kappa shape index (κ2) is 11.2. The van der Waals surface area contributed by atoms with Crippen molar-refractivity contribution in [1.82, 2.24) is 4.57 Å². The normalized spacial score (nSPS) is 14.9. The second-order valence-corrected chi connectivity index (χ2v) is 10.8. The Labute approximate surface area is 249 Å². The van der Waals surface area contributed by atoms with Crippen LogP contribution >= 0.6 is 11.3 Å². The summed E-state index contributed by atoms with van der Waals surface area (Å²) in [6.07, 6.45) is 1.64. The van der Waals surface area contributed by atoms with E-state index >= 15 is 0 Å². The van der Waals surface area contributed by atoms with Crippen LogP contribution in [0.25, 0.3) is 28.2 Å². The number of aromatic carboxylic acids is 1. The van der Waals surface area contributed by atoms with E-state index in [-0.39, 0.29) is 17.7 Å². The summed E-state index contributed by atoms with van der Waals surface area (Å²) in [5.41, 5.74) is 2.06. The van der Waals surface area contributed by atoms with Gasteiger partial charge < -0.3 is 19.0 Å². The van der Waals surface area contributed by atoms with Crippen LogP contribution in [-0.2, 0) is 9.53 Å². The van der Waals surface area contributed by atoms with Crippen molar-refractivity contribution in [1.29, 1.82) is 0 Å². The third kappa shape index (κ3) is 4.95. The predicted octanol–water partition coefficient (Wildman–Crippen LogP) is 4.92. The predicted molar refractivity (Wildman–Crippen MR) is 162 cm³/mol. The molecule has 0 unspecified atom stereocenters. The van der Waals surface area contributed by atoms with Crippen molar-refractivity contribution in [3.05, 3.63) is 121 Å². The SMILES string of the molecule is CCOC(=O)C1=C(C)N=c2s/c(=C/c3ccc(-c4ccc(C(=O)O)cc4)o3)c(=O)n2[C@H]1c1ccc(OC)c2ccccc12. The highest BCUT2D eigenvalue weighted by Crippen LogP contribution is 2.38. The van der Waals surface area contributed by atoms with Crippen LogP contribution in [0.15, 0.2) is 98.3 Å². The number of benzene rings is 3. The minimum Gasteiger partial charge on any atom is -0.496 e. The summed E-state index contributed by atoms with van der Waals surface area (Å²) in [7, 11) is 1.60. The van der Waals surface area contributed by atoms with Gasteiger partial charge in [-0.1, -0.05) is 53.8 Å². The van der Waals surface area contributed by atoms with Gasteiger partial charge >= 0.3 is 11.9 Å². The van der Waals surface area contributed by atoms with E-state index in [9.17, 15) is 14.4 Å².